The smallest absolute Gasteiger partial charge is 0.375 e. The molecule has 0 heterocycles. The van der Waals surface area contributed by atoms with E-state index in [0.717, 1.165) is 32.2 Å². The third-order valence-electron chi connectivity index (χ3n) is 3.41. The fraction of sp³-hybridized carbons (Fsp3) is 1.00. The SMILES string of the molecule is CC(C)NCCC1(OCCCC(F)(F)F)CCC1. The van der Waals surface area contributed by atoms with Crippen molar-refractivity contribution < 1.29 is 17.9 Å². The van der Waals surface area contributed by atoms with Crippen molar-refractivity contribution >= 4 is 0 Å². The third kappa shape index (κ3) is 6.05. The van der Waals surface area contributed by atoms with Crippen molar-refractivity contribution in [1.29, 1.82) is 0 Å². The van der Waals surface area contributed by atoms with Gasteiger partial charge in [0.2, 0.25) is 0 Å². The van der Waals surface area contributed by atoms with E-state index in [9.17, 15) is 13.2 Å². The number of alkyl halides is 3. The fourth-order valence-corrected chi connectivity index (χ4v) is 2.19. The van der Waals surface area contributed by atoms with E-state index in [0.29, 0.717) is 6.04 Å². The monoisotopic (exact) mass is 267 g/mol. The summed E-state index contributed by atoms with van der Waals surface area (Å²) in [5.74, 6) is 0. The van der Waals surface area contributed by atoms with Crippen molar-refractivity contribution in [1.82, 2.24) is 5.32 Å². The molecule has 0 amide bonds. The van der Waals surface area contributed by atoms with Crippen LogP contribution < -0.4 is 5.32 Å². The number of nitrogens with one attached hydrogen (secondary N) is 1. The van der Waals surface area contributed by atoms with Gasteiger partial charge >= 0.3 is 6.18 Å². The molecule has 0 radical (unpaired) electrons. The predicted molar refractivity (Wildman–Crippen MR) is 65.6 cm³/mol. The van der Waals surface area contributed by atoms with E-state index in [1.54, 1.807) is 0 Å². The topological polar surface area (TPSA) is 21.3 Å². The van der Waals surface area contributed by atoms with Crippen molar-refractivity contribution in [2.45, 2.75) is 70.2 Å². The minimum atomic E-state index is -4.06. The Balaban J connectivity index is 2.16. The zero-order valence-electron chi connectivity index (χ0n) is 11.3. The van der Waals surface area contributed by atoms with E-state index >= 15 is 0 Å². The lowest BCUT2D eigenvalue weighted by atomic mass is 9.77. The van der Waals surface area contributed by atoms with Gasteiger partial charge in [0.05, 0.1) is 5.60 Å². The van der Waals surface area contributed by atoms with Gasteiger partial charge in [-0.25, -0.2) is 0 Å². The van der Waals surface area contributed by atoms with E-state index in [4.69, 9.17) is 4.74 Å². The van der Waals surface area contributed by atoms with Gasteiger partial charge in [-0.1, -0.05) is 13.8 Å². The standard InChI is InChI=1S/C13H24F3NO/c1-11(2)17-9-8-12(5-3-6-12)18-10-4-7-13(14,15)16/h11,17H,3-10H2,1-2H3. The number of ether oxygens (including phenoxy) is 1. The van der Waals surface area contributed by atoms with Crippen LogP contribution >= 0.6 is 0 Å². The Hall–Kier alpha value is -0.290. The van der Waals surface area contributed by atoms with Crippen LogP contribution in [0.4, 0.5) is 13.2 Å². The van der Waals surface area contributed by atoms with Crippen LogP contribution in [0.2, 0.25) is 0 Å². The molecule has 0 atom stereocenters. The highest BCUT2D eigenvalue weighted by Gasteiger charge is 2.37. The molecule has 0 bridgehead atoms. The summed E-state index contributed by atoms with van der Waals surface area (Å²) in [7, 11) is 0. The number of rotatable bonds is 8. The van der Waals surface area contributed by atoms with Crippen molar-refractivity contribution in [2.24, 2.45) is 0 Å². The van der Waals surface area contributed by atoms with E-state index < -0.39 is 12.6 Å². The van der Waals surface area contributed by atoms with Crippen LogP contribution in [0.5, 0.6) is 0 Å². The minimum absolute atomic E-state index is 0.0723. The zero-order valence-corrected chi connectivity index (χ0v) is 11.3. The van der Waals surface area contributed by atoms with Crippen LogP contribution in [-0.2, 0) is 4.74 Å². The van der Waals surface area contributed by atoms with Gasteiger partial charge in [0.1, 0.15) is 0 Å². The summed E-state index contributed by atoms with van der Waals surface area (Å²) in [4.78, 5) is 0. The zero-order chi connectivity index (χ0) is 13.6. The summed E-state index contributed by atoms with van der Waals surface area (Å²) in [5, 5.41) is 3.32. The molecule has 18 heavy (non-hydrogen) atoms. The second-order valence-corrected chi connectivity index (χ2v) is 5.46. The van der Waals surface area contributed by atoms with Gasteiger partial charge in [-0.3, -0.25) is 0 Å². The summed E-state index contributed by atoms with van der Waals surface area (Å²) in [6.45, 7) is 5.26. The summed E-state index contributed by atoms with van der Waals surface area (Å²) in [6, 6.07) is 0.437. The van der Waals surface area contributed by atoms with Gasteiger partial charge < -0.3 is 10.1 Å². The Kier molecular flexibility index (Phi) is 5.92. The van der Waals surface area contributed by atoms with Crippen molar-refractivity contribution in [3.05, 3.63) is 0 Å². The Morgan fingerprint density at radius 1 is 1.28 bits per heavy atom. The highest BCUT2D eigenvalue weighted by atomic mass is 19.4. The third-order valence-corrected chi connectivity index (χ3v) is 3.41. The maximum Gasteiger partial charge on any atom is 0.389 e. The quantitative estimate of drug-likeness (QED) is 0.678. The second-order valence-electron chi connectivity index (χ2n) is 5.46. The lowest BCUT2D eigenvalue weighted by Gasteiger charge is -2.42. The Morgan fingerprint density at radius 2 is 1.94 bits per heavy atom. The van der Waals surface area contributed by atoms with E-state index in [2.05, 4.69) is 19.2 Å². The van der Waals surface area contributed by atoms with Crippen molar-refractivity contribution in [2.75, 3.05) is 13.2 Å². The molecular formula is C13H24F3NO. The van der Waals surface area contributed by atoms with Crippen LogP contribution in [0.25, 0.3) is 0 Å². The largest absolute Gasteiger partial charge is 0.389 e. The highest BCUT2D eigenvalue weighted by Crippen LogP contribution is 2.38. The predicted octanol–water partition coefficient (Wildman–Crippen LogP) is 3.66. The molecule has 5 heteroatoms. The molecule has 1 rings (SSSR count). The number of hydrogen-bond acceptors (Lipinski definition) is 2. The Labute approximate surface area is 107 Å². The molecule has 0 aromatic heterocycles. The second kappa shape index (κ2) is 6.75. The van der Waals surface area contributed by atoms with Crippen LogP contribution in [0.3, 0.4) is 0 Å². The fourth-order valence-electron chi connectivity index (χ4n) is 2.19. The number of halogens is 3. The summed E-state index contributed by atoms with van der Waals surface area (Å²) in [5.41, 5.74) is -0.145. The maximum atomic E-state index is 12.0. The van der Waals surface area contributed by atoms with Crippen molar-refractivity contribution in [3.8, 4) is 0 Å². The molecule has 0 aromatic carbocycles. The number of hydrogen-bond donors (Lipinski definition) is 1. The molecule has 0 saturated heterocycles. The van der Waals surface area contributed by atoms with Crippen LogP contribution in [-0.4, -0.2) is 31.0 Å². The highest BCUT2D eigenvalue weighted by molar-refractivity contribution is 4.90. The van der Waals surface area contributed by atoms with E-state index in [-0.39, 0.29) is 18.6 Å². The molecule has 0 unspecified atom stereocenters. The first kappa shape index (κ1) is 15.8. The van der Waals surface area contributed by atoms with Gasteiger partial charge in [0.25, 0.3) is 0 Å². The van der Waals surface area contributed by atoms with Gasteiger partial charge in [-0.2, -0.15) is 13.2 Å². The average Bonchev–Trinajstić information content (AvgIpc) is 2.17. The normalized spacial score (nSPS) is 19.0. The van der Waals surface area contributed by atoms with Gasteiger partial charge in [0, 0.05) is 19.1 Å². The van der Waals surface area contributed by atoms with Crippen LogP contribution in [0.15, 0.2) is 0 Å². The van der Waals surface area contributed by atoms with E-state index in [1.807, 2.05) is 0 Å². The molecule has 108 valence electrons. The van der Waals surface area contributed by atoms with Gasteiger partial charge in [0.15, 0.2) is 0 Å². The molecule has 1 aliphatic carbocycles. The Bertz CT molecular complexity index is 237. The first-order chi connectivity index (χ1) is 8.33. The molecule has 1 saturated carbocycles. The Morgan fingerprint density at radius 3 is 2.39 bits per heavy atom. The molecule has 0 spiro atoms. The lowest BCUT2D eigenvalue weighted by Crippen LogP contribution is -2.43. The summed E-state index contributed by atoms with van der Waals surface area (Å²) >= 11 is 0. The minimum Gasteiger partial charge on any atom is -0.375 e. The lowest BCUT2D eigenvalue weighted by molar-refractivity contribution is -0.148. The van der Waals surface area contributed by atoms with Crippen LogP contribution in [0.1, 0.15) is 52.4 Å². The maximum absolute atomic E-state index is 12.0. The van der Waals surface area contributed by atoms with Crippen molar-refractivity contribution in [3.63, 3.8) is 0 Å². The first-order valence-electron chi connectivity index (χ1n) is 6.77. The first-order valence-corrected chi connectivity index (χ1v) is 6.77. The van der Waals surface area contributed by atoms with Gasteiger partial charge in [-0.15, -0.1) is 0 Å². The molecular weight excluding hydrogens is 243 g/mol. The molecule has 1 aliphatic rings. The molecule has 0 aliphatic heterocycles. The summed E-state index contributed by atoms with van der Waals surface area (Å²) in [6.07, 6.45) is -0.735. The molecule has 2 nitrogen and oxygen atoms in total. The van der Waals surface area contributed by atoms with E-state index in [1.165, 1.54) is 0 Å². The van der Waals surface area contributed by atoms with Crippen LogP contribution in [0, 0.1) is 0 Å². The summed E-state index contributed by atoms with van der Waals surface area (Å²) < 4.78 is 41.7. The molecule has 0 aromatic rings. The molecule has 1 fully saturated rings. The van der Waals surface area contributed by atoms with Gasteiger partial charge in [-0.05, 0) is 38.6 Å². The molecule has 1 N–H and O–H groups in total. The average molecular weight is 267 g/mol.